The molecule has 1 heterocycles. The Hall–Kier alpha value is -3.00. The van der Waals surface area contributed by atoms with Gasteiger partial charge in [0.15, 0.2) is 0 Å². The third-order valence-corrected chi connectivity index (χ3v) is 5.62. The Bertz CT molecular complexity index is 1000. The monoisotopic (exact) mass is 471 g/mol. The average molecular weight is 472 g/mol. The number of halogens is 1. The Balaban J connectivity index is 1.83. The number of benzene rings is 2. The molecule has 0 radical (unpaired) electrons. The first-order valence-electron chi connectivity index (χ1n) is 9.52. The molecule has 30 heavy (non-hydrogen) atoms. The molecule has 3 rings (SSSR count). The van der Waals surface area contributed by atoms with Crippen LogP contribution in [0.2, 0.25) is 0 Å². The predicted molar refractivity (Wildman–Crippen MR) is 116 cm³/mol. The fraction of sp³-hybridized carbons (Fsp3) is 0.273. The Kier molecular flexibility index (Phi) is 6.36. The molecular formula is C22H22BrN3O4. The third kappa shape index (κ3) is 4.28. The van der Waals surface area contributed by atoms with Crippen LogP contribution >= 0.6 is 15.9 Å². The number of hydrogen-bond donors (Lipinski definition) is 1. The zero-order valence-electron chi connectivity index (χ0n) is 16.9. The van der Waals surface area contributed by atoms with Crippen molar-refractivity contribution in [2.45, 2.75) is 39.2 Å². The topological polar surface area (TPSA) is 86.8 Å². The molecule has 0 bridgehead atoms. The number of amides is 4. The number of hydrogen-bond acceptors (Lipinski definition) is 4. The summed E-state index contributed by atoms with van der Waals surface area (Å²) in [6, 6.07) is 12.8. The fourth-order valence-corrected chi connectivity index (χ4v) is 3.75. The van der Waals surface area contributed by atoms with E-state index < -0.39 is 29.7 Å². The highest BCUT2D eigenvalue weighted by molar-refractivity contribution is 9.10. The summed E-state index contributed by atoms with van der Waals surface area (Å²) in [5, 5.41) is 0.935. The Labute approximate surface area is 183 Å². The lowest BCUT2D eigenvalue weighted by Gasteiger charge is -2.26. The van der Waals surface area contributed by atoms with E-state index in [2.05, 4.69) is 35.2 Å². The van der Waals surface area contributed by atoms with Gasteiger partial charge in [-0.3, -0.25) is 24.6 Å². The van der Waals surface area contributed by atoms with Crippen molar-refractivity contribution in [2.24, 2.45) is 0 Å². The van der Waals surface area contributed by atoms with Crippen LogP contribution < -0.4 is 10.3 Å². The quantitative estimate of drug-likeness (QED) is 0.546. The van der Waals surface area contributed by atoms with Gasteiger partial charge in [0.25, 0.3) is 11.8 Å². The molecular weight excluding hydrogens is 450 g/mol. The van der Waals surface area contributed by atoms with Crippen LogP contribution in [0.25, 0.3) is 0 Å². The zero-order valence-corrected chi connectivity index (χ0v) is 18.5. The van der Waals surface area contributed by atoms with E-state index in [0.717, 1.165) is 15.5 Å². The molecule has 0 saturated carbocycles. The van der Waals surface area contributed by atoms with Gasteiger partial charge in [-0.05, 0) is 51.7 Å². The van der Waals surface area contributed by atoms with Gasteiger partial charge in [-0.25, -0.2) is 9.91 Å². The molecule has 156 valence electrons. The van der Waals surface area contributed by atoms with Gasteiger partial charge in [0, 0.05) is 11.4 Å². The number of nitrogens with one attached hydrogen (secondary N) is 1. The highest BCUT2D eigenvalue weighted by Gasteiger charge is 2.44. The summed E-state index contributed by atoms with van der Waals surface area (Å²) in [6.45, 7) is 5.34. The van der Waals surface area contributed by atoms with Crippen LogP contribution in [0.5, 0.6) is 0 Å². The minimum Gasteiger partial charge on any atom is -0.274 e. The summed E-state index contributed by atoms with van der Waals surface area (Å²) >= 11 is 3.29. The van der Waals surface area contributed by atoms with Crippen LogP contribution in [0.3, 0.4) is 0 Å². The smallest absolute Gasteiger partial charge is 0.271 e. The minimum atomic E-state index is -1.11. The first kappa shape index (κ1) is 21.7. The van der Waals surface area contributed by atoms with E-state index in [1.165, 1.54) is 6.92 Å². The van der Waals surface area contributed by atoms with Gasteiger partial charge in [0.05, 0.1) is 17.7 Å². The number of hydrazine groups is 1. The van der Waals surface area contributed by atoms with Crippen LogP contribution in [-0.2, 0) is 14.4 Å². The lowest BCUT2D eigenvalue weighted by Crippen LogP contribution is -2.54. The van der Waals surface area contributed by atoms with Gasteiger partial charge < -0.3 is 0 Å². The molecule has 0 spiro atoms. The van der Waals surface area contributed by atoms with Crippen molar-refractivity contribution in [2.75, 3.05) is 4.90 Å². The number of anilines is 1. The van der Waals surface area contributed by atoms with Crippen molar-refractivity contribution in [1.82, 2.24) is 10.4 Å². The minimum absolute atomic E-state index is 0.208. The highest BCUT2D eigenvalue weighted by atomic mass is 79.9. The van der Waals surface area contributed by atoms with Crippen LogP contribution in [0.1, 0.15) is 49.0 Å². The van der Waals surface area contributed by atoms with Gasteiger partial charge in [0.2, 0.25) is 11.8 Å². The molecule has 2 aromatic rings. The molecule has 1 fully saturated rings. The van der Waals surface area contributed by atoms with Crippen molar-refractivity contribution < 1.29 is 19.2 Å². The van der Waals surface area contributed by atoms with Crippen molar-refractivity contribution >= 4 is 45.2 Å². The van der Waals surface area contributed by atoms with Crippen molar-refractivity contribution in [3.8, 4) is 0 Å². The second-order valence-corrected chi connectivity index (χ2v) is 8.20. The SMILES string of the molecule is CC(=O)N(NC(=O)c1ccccc1Br)C1CC(=O)N(c2ccc(C(C)C)cc2)C1=O. The number of rotatable bonds is 4. The fourth-order valence-electron chi connectivity index (χ4n) is 3.29. The first-order valence-corrected chi connectivity index (χ1v) is 10.3. The van der Waals surface area contributed by atoms with Crippen LogP contribution in [0, 0.1) is 0 Å². The Morgan fingerprint density at radius 2 is 1.73 bits per heavy atom. The summed E-state index contributed by atoms with van der Waals surface area (Å²) in [6.07, 6.45) is -0.208. The molecule has 1 unspecified atom stereocenters. The maximum atomic E-state index is 13.0. The molecule has 4 amide bonds. The number of nitrogens with zero attached hydrogens (tertiary/aromatic N) is 2. The van der Waals surface area contributed by atoms with Gasteiger partial charge in [0.1, 0.15) is 6.04 Å². The molecule has 2 aromatic carbocycles. The van der Waals surface area contributed by atoms with Crippen molar-refractivity contribution in [3.05, 3.63) is 64.1 Å². The lowest BCUT2D eigenvalue weighted by atomic mass is 10.0. The summed E-state index contributed by atoms with van der Waals surface area (Å²) in [5.74, 6) is -1.77. The van der Waals surface area contributed by atoms with E-state index >= 15 is 0 Å². The average Bonchev–Trinajstić information content (AvgIpc) is 2.99. The summed E-state index contributed by atoms with van der Waals surface area (Å²) in [5.41, 5.74) is 4.31. The second-order valence-electron chi connectivity index (χ2n) is 7.34. The number of imide groups is 1. The zero-order chi connectivity index (χ0) is 22.0. The molecule has 1 N–H and O–H groups in total. The van der Waals surface area contributed by atoms with E-state index in [1.54, 1.807) is 36.4 Å². The summed E-state index contributed by atoms with van der Waals surface area (Å²) in [4.78, 5) is 51.5. The summed E-state index contributed by atoms with van der Waals surface area (Å²) in [7, 11) is 0. The predicted octanol–water partition coefficient (Wildman–Crippen LogP) is 3.40. The lowest BCUT2D eigenvalue weighted by molar-refractivity contribution is -0.139. The Morgan fingerprint density at radius 3 is 2.30 bits per heavy atom. The van der Waals surface area contributed by atoms with E-state index in [9.17, 15) is 19.2 Å². The number of carbonyl (C=O) groups excluding carboxylic acids is 4. The van der Waals surface area contributed by atoms with Gasteiger partial charge in [-0.15, -0.1) is 0 Å². The van der Waals surface area contributed by atoms with Crippen LogP contribution in [0.15, 0.2) is 53.0 Å². The van der Waals surface area contributed by atoms with Crippen molar-refractivity contribution in [1.29, 1.82) is 0 Å². The third-order valence-electron chi connectivity index (χ3n) is 4.93. The molecule has 0 aromatic heterocycles. The van der Waals surface area contributed by atoms with E-state index in [1.807, 2.05) is 12.1 Å². The molecule has 1 saturated heterocycles. The molecule has 1 aliphatic rings. The first-order chi connectivity index (χ1) is 14.2. The normalized spacial score (nSPS) is 16.2. The molecule has 8 heteroatoms. The highest BCUT2D eigenvalue weighted by Crippen LogP contribution is 2.27. The maximum Gasteiger partial charge on any atom is 0.271 e. The van der Waals surface area contributed by atoms with Crippen LogP contribution in [0.4, 0.5) is 5.69 Å². The molecule has 0 aliphatic carbocycles. The molecule has 1 atom stereocenters. The van der Waals surface area contributed by atoms with Gasteiger partial charge in [-0.1, -0.05) is 38.1 Å². The van der Waals surface area contributed by atoms with E-state index in [0.29, 0.717) is 21.6 Å². The van der Waals surface area contributed by atoms with Crippen molar-refractivity contribution in [3.63, 3.8) is 0 Å². The van der Waals surface area contributed by atoms with Gasteiger partial charge >= 0.3 is 0 Å². The summed E-state index contributed by atoms with van der Waals surface area (Å²) < 4.78 is 0.548. The Morgan fingerprint density at radius 1 is 1.10 bits per heavy atom. The van der Waals surface area contributed by atoms with E-state index in [-0.39, 0.29) is 6.42 Å². The standard InChI is InChI=1S/C22H22BrN3O4/c1-13(2)15-8-10-16(11-9-15)25-20(28)12-19(22(25)30)26(14(3)27)24-21(29)17-6-4-5-7-18(17)23/h4-11,13,19H,12H2,1-3H3,(H,24,29). The maximum absolute atomic E-state index is 13.0. The largest absolute Gasteiger partial charge is 0.274 e. The second kappa shape index (κ2) is 8.79. The molecule has 7 nitrogen and oxygen atoms in total. The van der Waals surface area contributed by atoms with Crippen LogP contribution in [-0.4, -0.2) is 34.7 Å². The molecule has 1 aliphatic heterocycles. The van der Waals surface area contributed by atoms with E-state index in [4.69, 9.17) is 0 Å². The van der Waals surface area contributed by atoms with Gasteiger partial charge in [-0.2, -0.15) is 0 Å². The number of carbonyl (C=O) groups is 4.